The lowest BCUT2D eigenvalue weighted by Gasteiger charge is -2.30. The highest BCUT2D eigenvalue weighted by atomic mass is 32.2. The number of rotatable bonds is 1. The lowest BCUT2D eigenvalue weighted by molar-refractivity contribution is -0.137. The second-order valence-electron chi connectivity index (χ2n) is 6.02. The predicted molar refractivity (Wildman–Crippen MR) is 92.6 cm³/mol. The van der Waals surface area contributed by atoms with Crippen molar-refractivity contribution in [3.8, 4) is 0 Å². The largest absolute Gasteiger partial charge is 0.424 e. The van der Waals surface area contributed by atoms with E-state index in [-0.39, 0.29) is 0 Å². The summed E-state index contributed by atoms with van der Waals surface area (Å²) < 4.78 is 44.7. The molecule has 134 valence electrons. The van der Waals surface area contributed by atoms with Crippen molar-refractivity contribution in [2.24, 2.45) is 0 Å². The van der Waals surface area contributed by atoms with Gasteiger partial charge in [0.1, 0.15) is 5.76 Å². The number of nitrogens with zero attached hydrogens (tertiary/aromatic N) is 1. The van der Waals surface area contributed by atoms with Crippen LogP contribution in [0, 0.1) is 0 Å². The first-order valence-corrected chi connectivity index (χ1v) is 8.94. The predicted octanol–water partition coefficient (Wildman–Crippen LogP) is 6.51. The third-order valence-corrected chi connectivity index (χ3v) is 5.37. The van der Waals surface area contributed by atoms with Gasteiger partial charge in [-0.15, -0.1) is 0 Å². The van der Waals surface area contributed by atoms with Crippen molar-refractivity contribution in [3.05, 3.63) is 59.9 Å². The minimum Gasteiger partial charge on any atom is -0.415 e. The molecule has 0 unspecified atom stereocenters. The molecule has 2 aromatic carbocycles. The smallest absolute Gasteiger partial charge is 0.415 e. The van der Waals surface area contributed by atoms with Gasteiger partial charge in [-0.1, -0.05) is 23.9 Å². The number of para-hydroxylation sites is 1. The van der Waals surface area contributed by atoms with Gasteiger partial charge < -0.3 is 4.74 Å². The van der Waals surface area contributed by atoms with Gasteiger partial charge in [0.2, 0.25) is 0 Å². The zero-order valence-electron chi connectivity index (χ0n) is 13.5. The van der Waals surface area contributed by atoms with Crippen LogP contribution < -0.4 is 4.90 Å². The Morgan fingerprint density at radius 3 is 2.58 bits per heavy atom. The van der Waals surface area contributed by atoms with Crippen molar-refractivity contribution in [1.82, 2.24) is 0 Å². The van der Waals surface area contributed by atoms with Gasteiger partial charge >= 0.3 is 12.3 Å². The van der Waals surface area contributed by atoms with E-state index in [2.05, 4.69) is 0 Å². The normalized spacial score (nSPS) is 16.0. The second kappa shape index (κ2) is 6.39. The van der Waals surface area contributed by atoms with E-state index in [0.717, 1.165) is 25.0 Å². The molecule has 1 amide bonds. The van der Waals surface area contributed by atoms with Gasteiger partial charge in [-0.3, -0.25) is 0 Å². The van der Waals surface area contributed by atoms with Crippen LogP contribution in [0.3, 0.4) is 0 Å². The summed E-state index contributed by atoms with van der Waals surface area (Å²) in [6.07, 6.45) is -0.688. The highest BCUT2D eigenvalue weighted by Crippen LogP contribution is 2.49. The van der Waals surface area contributed by atoms with Gasteiger partial charge in [0.15, 0.2) is 0 Å². The van der Waals surface area contributed by atoms with Crippen molar-refractivity contribution in [1.29, 1.82) is 0 Å². The summed E-state index contributed by atoms with van der Waals surface area (Å²) in [5, 5.41) is 0. The Hall–Kier alpha value is -2.41. The fourth-order valence-corrected chi connectivity index (χ4v) is 4.12. The van der Waals surface area contributed by atoms with Crippen LogP contribution in [0.5, 0.6) is 0 Å². The van der Waals surface area contributed by atoms with Gasteiger partial charge in [0, 0.05) is 16.2 Å². The summed E-state index contributed by atoms with van der Waals surface area (Å²) in [5.74, 6) is 0.610. The fraction of sp³-hybridized carbons (Fsp3) is 0.211. The summed E-state index contributed by atoms with van der Waals surface area (Å²) >= 11 is 1.21. The van der Waals surface area contributed by atoms with Crippen LogP contribution >= 0.6 is 11.8 Å². The van der Waals surface area contributed by atoms with Crippen LogP contribution in [-0.4, -0.2) is 6.09 Å². The second-order valence-corrected chi connectivity index (χ2v) is 7.10. The Labute approximate surface area is 152 Å². The molecule has 1 heterocycles. The maximum atomic E-state index is 13.1. The van der Waals surface area contributed by atoms with Crippen LogP contribution in [0.2, 0.25) is 0 Å². The van der Waals surface area contributed by atoms with Gasteiger partial charge in [-0.25, -0.2) is 9.69 Å². The summed E-state index contributed by atoms with van der Waals surface area (Å²) in [7, 11) is 0. The third-order valence-electron chi connectivity index (χ3n) is 4.25. The van der Waals surface area contributed by atoms with Crippen molar-refractivity contribution < 1.29 is 22.7 Å². The Bertz CT molecular complexity index is 908. The van der Waals surface area contributed by atoms with Crippen molar-refractivity contribution in [3.63, 3.8) is 0 Å². The van der Waals surface area contributed by atoms with E-state index >= 15 is 0 Å². The molecule has 0 N–H and O–H groups in total. The third kappa shape index (κ3) is 3.07. The average molecular weight is 377 g/mol. The van der Waals surface area contributed by atoms with E-state index in [4.69, 9.17) is 4.74 Å². The van der Waals surface area contributed by atoms with E-state index < -0.39 is 17.8 Å². The minimum atomic E-state index is -4.44. The molecule has 0 spiro atoms. The van der Waals surface area contributed by atoms with Gasteiger partial charge in [0.25, 0.3) is 0 Å². The van der Waals surface area contributed by atoms with E-state index in [0.29, 0.717) is 33.3 Å². The van der Waals surface area contributed by atoms with Crippen LogP contribution in [0.15, 0.2) is 64.1 Å². The lowest BCUT2D eigenvalue weighted by atomic mass is 10.1. The zero-order valence-corrected chi connectivity index (χ0v) is 14.4. The number of alkyl halides is 3. The molecule has 7 heteroatoms. The molecule has 1 aliphatic heterocycles. The summed E-state index contributed by atoms with van der Waals surface area (Å²) in [6, 6.07) is 10.5. The molecule has 1 aliphatic carbocycles. The Morgan fingerprint density at radius 2 is 1.85 bits per heavy atom. The summed E-state index contributed by atoms with van der Waals surface area (Å²) in [6.45, 7) is 0. The Balaban J connectivity index is 1.77. The highest BCUT2D eigenvalue weighted by molar-refractivity contribution is 7.99. The standard InChI is InChI=1S/C19H14F3NO2S/c20-19(21,22)12-9-10-15-17(11-12)26-16-8-4-3-7-14(16)23(15)18(24)25-13-5-1-2-6-13/h3-5,7-11H,1-2,6H2. The van der Waals surface area contributed by atoms with Crippen molar-refractivity contribution in [2.45, 2.75) is 35.2 Å². The number of ether oxygens (including phenoxy) is 1. The van der Waals surface area contributed by atoms with E-state index in [1.165, 1.54) is 22.7 Å². The number of anilines is 2. The number of fused-ring (bicyclic) bond motifs is 2. The first-order chi connectivity index (χ1) is 12.4. The summed E-state index contributed by atoms with van der Waals surface area (Å²) in [4.78, 5) is 15.2. The molecular weight excluding hydrogens is 363 g/mol. The zero-order chi connectivity index (χ0) is 18.3. The minimum absolute atomic E-state index is 0.371. The number of hydrogen-bond donors (Lipinski definition) is 0. The summed E-state index contributed by atoms with van der Waals surface area (Å²) in [5.41, 5.74) is 0.258. The Morgan fingerprint density at radius 1 is 1.08 bits per heavy atom. The van der Waals surface area contributed by atoms with E-state index in [1.807, 2.05) is 6.08 Å². The first kappa shape index (κ1) is 17.0. The maximum absolute atomic E-state index is 13.1. The topological polar surface area (TPSA) is 29.5 Å². The van der Waals surface area contributed by atoms with E-state index in [1.54, 1.807) is 24.3 Å². The molecule has 0 aromatic heterocycles. The van der Waals surface area contributed by atoms with Crippen molar-refractivity contribution in [2.75, 3.05) is 4.90 Å². The number of benzene rings is 2. The molecule has 2 aliphatic rings. The van der Waals surface area contributed by atoms with Gasteiger partial charge in [-0.2, -0.15) is 13.2 Å². The maximum Gasteiger partial charge on any atom is 0.424 e. The molecule has 0 bridgehead atoms. The number of halogens is 3. The Kier molecular flexibility index (Phi) is 4.19. The van der Waals surface area contributed by atoms with Crippen LogP contribution in [0.4, 0.5) is 29.3 Å². The monoisotopic (exact) mass is 377 g/mol. The molecule has 0 radical (unpaired) electrons. The van der Waals surface area contributed by atoms with E-state index in [9.17, 15) is 18.0 Å². The quantitative estimate of drug-likeness (QED) is 0.567. The van der Waals surface area contributed by atoms with Gasteiger partial charge in [0.05, 0.1) is 16.9 Å². The van der Waals surface area contributed by atoms with Crippen LogP contribution in [0.25, 0.3) is 0 Å². The molecule has 0 fully saturated rings. The fourth-order valence-electron chi connectivity index (χ4n) is 3.02. The average Bonchev–Trinajstić information content (AvgIpc) is 3.11. The van der Waals surface area contributed by atoms with Crippen LogP contribution in [-0.2, 0) is 10.9 Å². The number of allylic oxidation sites excluding steroid dienone is 2. The number of carbonyl (C=O) groups excluding carboxylic acids is 1. The van der Waals surface area contributed by atoms with Crippen molar-refractivity contribution >= 4 is 29.2 Å². The highest BCUT2D eigenvalue weighted by Gasteiger charge is 2.35. The lowest BCUT2D eigenvalue weighted by Crippen LogP contribution is -2.29. The molecule has 0 saturated heterocycles. The molecular formula is C19H14F3NO2S. The molecule has 3 nitrogen and oxygen atoms in total. The molecule has 4 rings (SSSR count). The molecule has 0 atom stereocenters. The van der Waals surface area contributed by atoms with Crippen LogP contribution in [0.1, 0.15) is 24.8 Å². The number of carbonyl (C=O) groups is 1. The molecule has 26 heavy (non-hydrogen) atoms. The molecule has 2 aromatic rings. The van der Waals surface area contributed by atoms with Gasteiger partial charge in [-0.05, 0) is 49.2 Å². The number of hydrogen-bond acceptors (Lipinski definition) is 3. The SMILES string of the molecule is O=C(OC1=CCCC1)N1c2ccccc2Sc2cc(C(F)(F)F)ccc21. The number of amides is 1. The first-order valence-electron chi connectivity index (χ1n) is 8.12. The molecule has 0 saturated carbocycles.